The first-order valence-electron chi connectivity index (χ1n) is 7.93. The van der Waals surface area contributed by atoms with Crippen molar-refractivity contribution >= 4 is 17.7 Å². The quantitative estimate of drug-likeness (QED) is 0.910. The highest BCUT2D eigenvalue weighted by atomic mass is 16.4. The Bertz CT molecular complexity index is 797. The van der Waals surface area contributed by atoms with Gasteiger partial charge in [-0.2, -0.15) is 0 Å². The molecule has 2 amide bonds. The number of urea groups is 1. The zero-order valence-corrected chi connectivity index (χ0v) is 13.8. The second kappa shape index (κ2) is 6.35. The van der Waals surface area contributed by atoms with Crippen LogP contribution >= 0.6 is 0 Å². The average molecular weight is 324 g/mol. The number of nitrogens with zero attached hydrogens (tertiary/aromatic N) is 1. The maximum Gasteiger partial charge on any atom is 0.335 e. The predicted octanol–water partition coefficient (Wildman–Crippen LogP) is 3.27. The SMILES string of the molecule is Cc1cc2c(cc1C)N(C(=O)NCc1ccc(C(=O)O)cc1)CC2. The van der Waals surface area contributed by atoms with Crippen LogP contribution < -0.4 is 10.2 Å². The van der Waals surface area contributed by atoms with Crippen molar-refractivity contribution in [2.75, 3.05) is 11.4 Å². The van der Waals surface area contributed by atoms with Gasteiger partial charge in [0.25, 0.3) is 0 Å². The summed E-state index contributed by atoms with van der Waals surface area (Å²) in [5, 5.41) is 11.8. The fourth-order valence-corrected chi connectivity index (χ4v) is 2.91. The lowest BCUT2D eigenvalue weighted by Crippen LogP contribution is -2.38. The smallest absolute Gasteiger partial charge is 0.335 e. The summed E-state index contributed by atoms with van der Waals surface area (Å²) in [7, 11) is 0. The minimum Gasteiger partial charge on any atom is -0.478 e. The van der Waals surface area contributed by atoms with E-state index >= 15 is 0 Å². The second-order valence-corrected chi connectivity index (χ2v) is 6.13. The summed E-state index contributed by atoms with van der Waals surface area (Å²) in [6.07, 6.45) is 0.872. The number of fused-ring (bicyclic) bond motifs is 1. The number of benzene rings is 2. The minimum atomic E-state index is -0.954. The molecule has 0 aromatic heterocycles. The second-order valence-electron chi connectivity index (χ2n) is 6.13. The molecule has 2 aromatic carbocycles. The van der Waals surface area contributed by atoms with Gasteiger partial charge in [0, 0.05) is 18.8 Å². The number of carboxylic acids is 1. The largest absolute Gasteiger partial charge is 0.478 e. The molecule has 3 rings (SSSR count). The van der Waals surface area contributed by atoms with Crippen molar-refractivity contribution in [2.45, 2.75) is 26.8 Å². The van der Waals surface area contributed by atoms with E-state index in [1.54, 1.807) is 29.2 Å². The predicted molar refractivity (Wildman–Crippen MR) is 92.6 cm³/mol. The van der Waals surface area contributed by atoms with Crippen LogP contribution in [0.1, 0.15) is 32.6 Å². The van der Waals surface area contributed by atoms with E-state index in [4.69, 9.17) is 5.11 Å². The molecule has 0 saturated carbocycles. The fourth-order valence-electron chi connectivity index (χ4n) is 2.91. The first-order chi connectivity index (χ1) is 11.5. The number of nitrogens with one attached hydrogen (secondary N) is 1. The number of carboxylic acid groups (broad SMARTS) is 1. The van der Waals surface area contributed by atoms with Gasteiger partial charge in [-0.1, -0.05) is 18.2 Å². The number of hydrogen-bond donors (Lipinski definition) is 2. The summed E-state index contributed by atoms with van der Waals surface area (Å²) in [6.45, 7) is 5.19. The highest BCUT2D eigenvalue weighted by Crippen LogP contribution is 2.30. The molecule has 0 saturated heterocycles. The molecule has 5 heteroatoms. The molecule has 0 atom stereocenters. The van der Waals surface area contributed by atoms with Gasteiger partial charge in [0.1, 0.15) is 0 Å². The number of amides is 2. The normalized spacial score (nSPS) is 12.8. The van der Waals surface area contributed by atoms with Gasteiger partial charge in [0.15, 0.2) is 0 Å². The summed E-state index contributed by atoms with van der Waals surface area (Å²) in [4.78, 5) is 25.1. The molecule has 0 radical (unpaired) electrons. The first kappa shape index (κ1) is 16.1. The lowest BCUT2D eigenvalue weighted by atomic mass is 10.0. The van der Waals surface area contributed by atoms with Crippen molar-refractivity contribution in [3.05, 3.63) is 64.2 Å². The number of rotatable bonds is 3. The van der Waals surface area contributed by atoms with Crippen molar-refractivity contribution in [1.29, 1.82) is 0 Å². The Balaban J connectivity index is 1.67. The number of hydrogen-bond acceptors (Lipinski definition) is 2. The van der Waals surface area contributed by atoms with Gasteiger partial charge in [0.05, 0.1) is 5.56 Å². The summed E-state index contributed by atoms with van der Waals surface area (Å²) in [5.41, 5.74) is 5.72. The van der Waals surface area contributed by atoms with Crippen LogP contribution in [0.4, 0.5) is 10.5 Å². The zero-order valence-electron chi connectivity index (χ0n) is 13.8. The van der Waals surface area contributed by atoms with Gasteiger partial charge >= 0.3 is 12.0 Å². The van der Waals surface area contributed by atoms with Gasteiger partial charge in [0.2, 0.25) is 0 Å². The van der Waals surface area contributed by atoms with Crippen LogP contribution in [0.15, 0.2) is 36.4 Å². The summed E-state index contributed by atoms with van der Waals surface area (Å²) >= 11 is 0. The monoisotopic (exact) mass is 324 g/mol. The van der Waals surface area contributed by atoms with E-state index in [-0.39, 0.29) is 11.6 Å². The lowest BCUT2D eigenvalue weighted by Gasteiger charge is -2.19. The third kappa shape index (κ3) is 3.11. The van der Waals surface area contributed by atoms with E-state index in [1.165, 1.54) is 16.7 Å². The van der Waals surface area contributed by atoms with Crippen LogP contribution in [0, 0.1) is 13.8 Å². The van der Waals surface area contributed by atoms with Crippen molar-refractivity contribution in [3.63, 3.8) is 0 Å². The summed E-state index contributed by atoms with van der Waals surface area (Å²) in [5.74, 6) is -0.954. The van der Waals surface area contributed by atoms with E-state index in [0.717, 1.165) is 17.7 Å². The molecule has 0 spiro atoms. The topological polar surface area (TPSA) is 69.6 Å². The van der Waals surface area contributed by atoms with Gasteiger partial charge in [-0.15, -0.1) is 0 Å². The number of carbonyl (C=O) groups is 2. The molecule has 124 valence electrons. The van der Waals surface area contributed by atoms with Gasteiger partial charge in [-0.05, 0) is 60.7 Å². The molecule has 2 N–H and O–H groups in total. The molecule has 1 aliphatic rings. The van der Waals surface area contributed by atoms with Crippen LogP contribution in [-0.4, -0.2) is 23.7 Å². The van der Waals surface area contributed by atoms with Crippen LogP contribution in [0.25, 0.3) is 0 Å². The van der Waals surface area contributed by atoms with Crippen LogP contribution in [0.2, 0.25) is 0 Å². The van der Waals surface area contributed by atoms with Crippen molar-refractivity contribution in [3.8, 4) is 0 Å². The summed E-state index contributed by atoms with van der Waals surface area (Å²) < 4.78 is 0. The number of aromatic carboxylic acids is 1. The highest BCUT2D eigenvalue weighted by molar-refractivity contribution is 5.94. The van der Waals surface area contributed by atoms with Crippen LogP contribution in [0.3, 0.4) is 0 Å². The third-order valence-corrected chi connectivity index (χ3v) is 4.48. The maximum atomic E-state index is 12.5. The Labute approximate surface area is 140 Å². The maximum absolute atomic E-state index is 12.5. The molecule has 2 aromatic rings. The molecular weight excluding hydrogens is 304 g/mol. The van der Waals surface area contributed by atoms with Crippen molar-refractivity contribution in [1.82, 2.24) is 5.32 Å². The van der Waals surface area contributed by atoms with E-state index in [1.807, 2.05) is 6.92 Å². The first-order valence-corrected chi connectivity index (χ1v) is 7.93. The number of anilines is 1. The van der Waals surface area contributed by atoms with Crippen LogP contribution in [-0.2, 0) is 13.0 Å². The zero-order chi connectivity index (χ0) is 17.3. The lowest BCUT2D eigenvalue weighted by molar-refractivity contribution is 0.0697. The van der Waals surface area contributed by atoms with E-state index in [9.17, 15) is 9.59 Å². The molecule has 5 nitrogen and oxygen atoms in total. The van der Waals surface area contributed by atoms with E-state index in [2.05, 4.69) is 24.4 Å². The highest BCUT2D eigenvalue weighted by Gasteiger charge is 2.25. The van der Waals surface area contributed by atoms with Gasteiger partial charge in [-0.3, -0.25) is 4.90 Å². The summed E-state index contributed by atoms with van der Waals surface area (Å²) in [6, 6.07) is 10.6. The molecule has 0 bridgehead atoms. The van der Waals surface area contributed by atoms with Crippen molar-refractivity contribution < 1.29 is 14.7 Å². The Morgan fingerprint density at radius 2 is 1.79 bits per heavy atom. The standard InChI is InChI=1S/C19H20N2O3/c1-12-9-16-7-8-21(17(16)10-13(12)2)19(24)20-11-14-3-5-15(6-4-14)18(22)23/h3-6,9-10H,7-8,11H2,1-2H3,(H,20,24)(H,22,23). The van der Waals surface area contributed by atoms with Gasteiger partial charge in [-0.25, -0.2) is 9.59 Å². The minimum absolute atomic E-state index is 0.126. The molecular formula is C19H20N2O3. The van der Waals surface area contributed by atoms with Crippen molar-refractivity contribution in [2.24, 2.45) is 0 Å². The molecule has 0 unspecified atom stereocenters. The van der Waals surface area contributed by atoms with Crippen LogP contribution in [0.5, 0.6) is 0 Å². The molecule has 24 heavy (non-hydrogen) atoms. The van der Waals surface area contributed by atoms with Gasteiger partial charge < -0.3 is 10.4 Å². The fraction of sp³-hybridized carbons (Fsp3) is 0.263. The molecule has 0 aliphatic carbocycles. The third-order valence-electron chi connectivity index (χ3n) is 4.48. The number of aryl methyl sites for hydroxylation is 2. The number of carbonyl (C=O) groups excluding carboxylic acids is 1. The Hall–Kier alpha value is -2.82. The molecule has 0 fully saturated rings. The average Bonchev–Trinajstić information content (AvgIpc) is 2.96. The Morgan fingerprint density at radius 1 is 1.12 bits per heavy atom. The van der Waals surface area contributed by atoms with E-state index in [0.29, 0.717) is 13.1 Å². The van der Waals surface area contributed by atoms with E-state index < -0.39 is 5.97 Å². The molecule has 1 aliphatic heterocycles. The Kier molecular flexibility index (Phi) is 4.25. The molecule has 1 heterocycles. The Morgan fingerprint density at radius 3 is 2.46 bits per heavy atom.